The monoisotopic (exact) mass is 349 g/mol. The molecule has 0 saturated carbocycles. The van der Waals surface area contributed by atoms with E-state index in [2.05, 4.69) is 11.4 Å². The molecule has 0 bridgehead atoms. The van der Waals surface area contributed by atoms with Crippen molar-refractivity contribution in [2.75, 3.05) is 13.1 Å². The van der Waals surface area contributed by atoms with Crippen molar-refractivity contribution in [2.45, 2.75) is 26.0 Å². The Hall–Kier alpha value is -2.84. The van der Waals surface area contributed by atoms with Crippen molar-refractivity contribution in [3.63, 3.8) is 0 Å². The molecule has 2 atom stereocenters. The van der Waals surface area contributed by atoms with Crippen LogP contribution in [0.3, 0.4) is 0 Å². The lowest BCUT2D eigenvalue weighted by Crippen LogP contribution is -2.49. The topological polar surface area (TPSA) is 76.4 Å². The Morgan fingerprint density at radius 2 is 2.00 bits per heavy atom. The van der Waals surface area contributed by atoms with E-state index in [0.717, 1.165) is 23.1 Å². The van der Waals surface area contributed by atoms with Gasteiger partial charge >= 0.3 is 6.03 Å². The van der Waals surface area contributed by atoms with E-state index in [9.17, 15) is 15.2 Å². The minimum Gasteiger partial charge on any atom is -0.391 e. The van der Waals surface area contributed by atoms with Gasteiger partial charge < -0.3 is 15.3 Å². The number of β-amino-alcohol motifs (C(OH)–C–C–N with tert-alkyl or cyclic N) is 1. The molecule has 2 aromatic rings. The number of carbonyl (C=O) groups excluding carboxylic acids is 1. The van der Waals surface area contributed by atoms with Crippen molar-refractivity contribution >= 4 is 6.03 Å². The van der Waals surface area contributed by atoms with Crippen molar-refractivity contribution in [1.82, 2.24) is 10.2 Å². The zero-order chi connectivity index (χ0) is 18.5. The summed E-state index contributed by atoms with van der Waals surface area (Å²) in [4.78, 5) is 13.9. The molecule has 0 radical (unpaired) electrons. The number of amides is 2. The number of urea groups is 1. The first-order valence-corrected chi connectivity index (χ1v) is 8.87. The molecule has 5 heteroatoms. The maximum Gasteiger partial charge on any atom is 0.317 e. The van der Waals surface area contributed by atoms with E-state index in [1.807, 2.05) is 49.4 Å². The van der Waals surface area contributed by atoms with Gasteiger partial charge in [-0.1, -0.05) is 49.4 Å². The molecule has 2 amide bonds. The fourth-order valence-corrected chi connectivity index (χ4v) is 3.16. The first kappa shape index (κ1) is 18.0. The number of nitrogens with one attached hydrogen (secondary N) is 1. The number of piperidine rings is 1. The average Bonchev–Trinajstić information content (AvgIpc) is 2.68. The summed E-state index contributed by atoms with van der Waals surface area (Å²) < 4.78 is 0. The van der Waals surface area contributed by atoms with Crippen LogP contribution in [0.4, 0.5) is 4.79 Å². The zero-order valence-electron chi connectivity index (χ0n) is 14.9. The van der Waals surface area contributed by atoms with Gasteiger partial charge in [0.25, 0.3) is 0 Å². The Kier molecular flexibility index (Phi) is 5.55. The molecule has 2 unspecified atom stereocenters. The van der Waals surface area contributed by atoms with Crippen LogP contribution in [0, 0.1) is 17.2 Å². The van der Waals surface area contributed by atoms with E-state index in [1.165, 1.54) is 0 Å². The minimum atomic E-state index is -0.450. The predicted molar refractivity (Wildman–Crippen MR) is 100 cm³/mol. The molecule has 2 N–H and O–H groups in total. The summed E-state index contributed by atoms with van der Waals surface area (Å²) in [6, 6.07) is 17.4. The van der Waals surface area contributed by atoms with Crippen LogP contribution in [-0.2, 0) is 6.54 Å². The van der Waals surface area contributed by atoms with E-state index >= 15 is 0 Å². The maximum atomic E-state index is 12.3. The van der Waals surface area contributed by atoms with Gasteiger partial charge in [0.15, 0.2) is 0 Å². The highest BCUT2D eigenvalue weighted by Gasteiger charge is 2.26. The molecule has 0 aromatic heterocycles. The van der Waals surface area contributed by atoms with Crippen LogP contribution in [0.2, 0.25) is 0 Å². The van der Waals surface area contributed by atoms with Crippen LogP contribution >= 0.6 is 0 Å². The molecule has 1 aliphatic rings. The van der Waals surface area contributed by atoms with Crippen LogP contribution < -0.4 is 5.32 Å². The second kappa shape index (κ2) is 8.03. The first-order valence-electron chi connectivity index (χ1n) is 8.87. The minimum absolute atomic E-state index is 0.144. The number of hydrogen-bond donors (Lipinski definition) is 2. The van der Waals surface area contributed by atoms with Crippen molar-refractivity contribution in [2.24, 2.45) is 5.92 Å². The number of aliphatic hydroxyl groups is 1. The van der Waals surface area contributed by atoms with E-state index in [-0.39, 0.29) is 11.9 Å². The number of carbonyl (C=O) groups is 1. The molecule has 1 fully saturated rings. The Morgan fingerprint density at radius 1 is 1.27 bits per heavy atom. The lowest BCUT2D eigenvalue weighted by molar-refractivity contribution is 0.0435. The van der Waals surface area contributed by atoms with Gasteiger partial charge in [-0.3, -0.25) is 0 Å². The number of rotatable bonds is 3. The number of likely N-dealkylation sites (tertiary alicyclic amines) is 1. The lowest BCUT2D eigenvalue weighted by atomic mass is 9.96. The van der Waals surface area contributed by atoms with Crippen LogP contribution in [-0.4, -0.2) is 35.2 Å². The molecule has 134 valence electrons. The van der Waals surface area contributed by atoms with Gasteiger partial charge in [-0.2, -0.15) is 5.26 Å². The van der Waals surface area contributed by atoms with Crippen molar-refractivity contribution in [3.8, 4) is 17.2 Å². The summed E-state index contributed by atoms with van der Waals surface area (Å²) >= 11 is 0. The van der Waals surface area contributed by atoms with Gasteiger partial charge in [0.2, 0.25) is 0 Å². The molecule has 0 spiro atoms. The SMILES string of the molecule is CC1CCN(C(=O)NCc2ccc(-c3ccccc3C#N)cc2)CC1O. The van der Waals surface area contributed by atoms with Crippen LogP contribution in [0.25, 0.3) is 11.1 Å². The summed E-state index contributed by atoms with van der Waals surface area (Å²) in [5.41, 5.74) is 3.52. The third kappa shape index (κ3) is 4.04. The van der Waals surface area contributed by atoms with E-state index in [4.69, 9.17) is 0 Å². The number of nitrogens with zero attached hydrogens (tertiary/aromatic N) is 2. The summed E-state index contributed by atoms with van der Waals surface area (Å²) in [7, 11) is 0. The van der Waals surface area contributed by atoms with Crippen molar-refractivity contribution in [3.05, 3.63) is 59.7 Å². The molecular weight excluding hydrogens is 326 g/mol. The van der Waals surface area contributed by atoms with Crippen LogP contribution in [0.15, 0.2) is 48.5 Å². The van der Waals surface area contributed by atoms with Gasteiger partial charge in [-0.15, -0.1) is 0 Å². The summed E-state index contributed by atoms with van der Waals surface area (Å²) in [6.07, 6.45) is 0.371. The lowest BCUT2D eigenvalue weighted by Gasteiger charge is -2.34. The van der Waals surface area contributed by atoms with E-state index in [1.54, 1.807) is 11.0 Å². The fraction of sp³-hybridized carbons (Fsp3) is 0.333. The van der Waals surface area contributed by atoms with Gasteiger partial charge in [-0.25, -0.2) is 4.79 Å². The number of nitriles is 1. The first-order chi connectivity index (χ1) is 12.6. The fourth-order valence-electron chi connectivity index (χ4n) is 3.16. The molecule has 1 heterocycles. The van der Waals surface area contributed by atoms with E-state index in [0.29, 0.717) is 25.2 Å². The molecule has 1 aliphatic heterocycles. The van der Waals surface area contributed by atoms with E-state index < -0.39 is 6.10 Å². The third-order valence-corrected chi connectivity index (χ3v) is 4.96. The number of aliphatic hydroxyl groups excluding tert-OH is 1. The zero-order valence-corrected chi connectivity index (χ0v) is 14.9. The predicted octanol–water partition coefficient (Wildman–Crippen LogP) is 3.14. The van der Waals surface area contributed by atoms with Gasteiger partial charge in [0.05, 0.1) is 17.7 Å². The normalized spacial score (nSPS) is 19.7. The Balaban J connectivity index is 1.60. The molecule has 1 saturated heterocycles. The summed E-state index contributed by atoms with van der Waals surface area (Å²) in [5, 5.41) is 22.0. The third-order valence-electron chi connectivity index (χ3n) is 4.96. The molecular formula is C21H23N3O2. The summed E-state index contributed by atoms with van der Waals surface area (Å²) in [6.45, 7) is 3.50. The Bertz CT molecular complexity index is 811. The largest absolute Gasteiger partial charge is 0.391 e. The smallest absolute Gasteiger partial charge is 0.317 e. The van der Waals surface area contributed by atoms with Crippen molar-refractivity contribution in [1.29, 1.82) is 5.26 Å². The summed E-state index contributed by atoms with van der Waals surface area (Å²) in [5.74, 6) is 0.239. The number of benzene rings is 2. The molecule has 26 heavy (non-hydrogen) atoms. The Morgan fingerprint density at radius 3 is 2.69 bits per heavy atom. The van der Waals surface area contributed by atoms with Crippen LogP contribution in [0.1, 0.15) is 24.5 Å². The second-order valence-corrected chi connectivity index (χ2v) is 6.79. The van der Waals surface area contributed by atoms with Crippen molar-refractivity contribution < 1.29 is 9.90 Å². The average molecular weight is 349 g/mol. The maximum absolute atomic E-state index is 12.3. The highest BCUT2D eigenvalue weighted by atomic mass is 16.3. The Labute approximate surface area is 153 Å². The molecule has 0 aliphatic carbocycles. The van der Waals surface area contributed by atoms with Gasteiger partial charge in [0, 0.05) is 19.6 Å². The standard InChI is InChI=1S/C21H23N3O2/c1-15-10-11-24(14-20(15)25)21(26)23-13-16-6-8-17(9-7-16)19-5-3-2-4-18(19)12-22/h2-9,15,20,25H,10-11,13-14H2,1H3,(H,23,26). The second-order valence-electron chi connectivity index (χ2n) is 6.79. The molecule has 5 nitrogen and oxygen atoms in total. The quantitative estimate of drug-likeness (QED) is 0.894. The highest BCUT2D eigenvalue weighted by Crippen LogP contribution is 2.23. The van der Waals surface area contributed by atoms with Gasteiger partial charge in [0.1, 0.15) is 0 Å². The highest BCUT2D eigenvalue weighted by molar-refractivity contribution is 5.74. The molecule has 3 rings (SSSR count). The number of hydrogen-bond acceptors (Lipinski definition) is 3. The molecule has 2 aromatic carbocycles. The van der Waals surface area contributed by atoms with Crippen LogP contribution in [0.5, 0.6) is 0 Å². The van der Waals surface area contributed by atoms with Gasteiger partial charge in [-0.05, 0) is 35.1 Å².